The minimum Gasteiger partial charge on any atom is -0.457 e. The molecule has 49 heavy (non-hydrogen) atoms. The molecule has 7 nitrogen and oxygen atoms in total. The van der Waals surface area contributed by atoms with Gasteiger partial charge in [-0.25, -0.2) is 0 Å². The fraction of sp³-hybridized carbons (Fsp3) is 0.500. The molecule has 2 aromatic rings. The minimum absolute atomic E-state index is 0.196. The molecule has 1 saturated carbocycles. The summed E-state index contributed by atoms with van der Waals surface area (Å²) in [6, 6.07) is 18.2. The van der Waals surface area contributed by atoms with Crippen molar-refractivity contribution in [3.8, 4) is 11.5 Å². The highest BCUT2D eigenvalue weighted by Crippen LogP contribution is 2.26. The maximum absolute atomic E-state index is 12.0. The van der Waals surface area contributed by atoms with Crippen LogP contribution in [0, 0.1) is 11.3 Å². The lowest BCUT2D eigenvalue weighted by molar-refractivity contribution is -0.125. The topological polar surface area (TPSA) is 95.0 Å². The van der Waals surface area contributed by atoms with E-state index in [4.69, 9.17) is 15.9 Å². The van der Waals surface area contributed by atoms with E-state index >= 15 is 0 Å². The van der Waals surface area contributed by atoms with E-state index < -0.39 is 0 Å². The van der Waals surface area contributed by atoms with Gasteiger partial charge in [-0.2, -0.15) is 0 Å². The number of allylic oxidation sites excluding steroid dienone is 2. The standard InChI is InChI=1S/C20H21N3O.C16H28N2O.2C3H8/c1-4-23-15(3)19(14(2)21)20(22)16-10-12-18(13-11-16)24-17-8-6-5-7-9-17;1-13(2)18(15-6-4-7-15)10-5-8-16(19)17-11-9-14(3)12-17;2*1-3-2/h4-13,22H,1,21H2,2-3H3;5,8,13-15H,4,6-7,9-12H2,1-3H3;2*3H2,1-2H3/b19-14-,22-20?,23-15?;8-5+;;/t;14-;;/m.1../s1. The summed E-state index contributed by atoms with van der Waals surface area (Å²) >= 11 is 0. The van der Waals surface area contributed by atoms with Crippen LogP contribution >= 0.6 is 0 Å². The van der Waals surface area contributed by atoms with Crippen molar-refractivity contribution in [1.82, 2.24) is 9.80 Å². The number of nitrogens with one attached hydrogen (secondary N) is 1. The van der Waals surface area contributed by atoms with Crippen LogP contribution in [-0.2, 0) is 4.79 Å². The van der Waals surface area contributed by atoms with Gasteiger partial charge in [-0.05, 0) is 89.3 Å². The van der Waals surface area contributed by atoms with Crippen molar-refractivity contribution in [2.45, 2.75) is 113 Å². The smallest absolute Gasteiger partial charge is 0.246 e. The zero-order valence-corrected chi connectivity index (χ0v) is 32.0. The fourth-order valence-corrected chi connectivity index (χ4v) is 5.34. The first-order chi connectivity index (χ1) is 23.4. The van der Waals surface area contributed by atoms with Gasteiger partial charge in [0.05, 0.1) is 5.71 Å². The van der Waals surface area contributed by atoms with Crippen molar-refractivity contribution in [2.24, 2.45) is 16.6 Å². The summed E-state index contributed by atoms with van der Waals surface area (Å²) in [5.74, 6) is 2.35. The maximum atomic E-state index is 12.0. The molecule has 1 saturated heterocycles. The number of rotatable bonds is 11. The third kappa shape index (κ3) is 15.9. The number of para-hydroxylation sites is 1. The van der Waals surface area contributed by atoms with Gasteiger partial charge in [-0.15, -0.1) is 0 Å². The van der Waals surface area contributed by atoms with Crippen LogP contribution in [0.15, 0.2) is 95.8 Å². The second kappa shape index (κ2) is 24.2. The number of nitrogens with zero attached hydrogens (tertiary/aromatic N) is 3. The quantitative estimate of drug-likeness (QED) is 0.184. The zero-order chi connectivity index (χ0) is 36.8. The Morgan fingerprint density at radius 1 is 1.02 bits per heavy atom. The lowest BCUT2D eigenvalue weighted by Crippen LogP contribution is -2.44. The molecule has 1 amide bonds. The van der Waals surface area contributed by atoms with Gasteiger partial charge in [-0.3, -0.25) is 20.1 Å². The molecule has 2 aliphatic rings. The summed E-state index contributed by atoms with van der Waals surface area (Å²) in [5, 5.41) is 8.42. The molecule has 4 rings (SSSR count). The molecule has 0 unspecified atom stereocenters. The first-order valence-electron chi connectivity index (χ1n) is 18.2. The molecular formula is C42H65N5O2. The van der Waals surface area contributed by atoms with Crippen LogP contribution < -0.4 is 10.5 Å². The third-order valence-electron chi connectivity index (χ3n) is 7.93. The predicted molar refractivity (Wildman–Crippen MR) is 211 cm³/mol. The summed E-state index contributed by atoms with van der Waals surface area (Å²) in [6.07, 6.45) is 13.0. The van der Waals surface area contributed by atoms with Gasteiger partial charge in [0.1, 0.15) is 11.5 Å². The van der Waals surface area contributed by atoms with Crippen molar-refractivity contribution in [3.63, 3.8) is 0 Å². The van der Waals surface area contributed by atoms with Crippen LogP contribution in [0.4, 0.5) is 0 Å². The number of ether oxygens (including phenoxy) is 1. The average molecular weight is 672 g/mol. The largest absolute Gasteiger partial charge is 0.457 e. The van der Waals surface area contributed by atoms with Crippen molar-refractivity contribution in [1.29, 1.82) is 5.41 Å². The first kappa shape index (κ1) is 43.1. The highest BCUT2D eigenvalue weighted by atomic mass is 16.5. The van der Waals surface area contributed by atoms with Crippen molar-refractivity contribution < 1.29 is 9.53 Å². The van der Waals surface area contributed by atoms with E-state index in [-0.39, 0.29) is 5.91 Å². The molecule has 1 heterocycles. The molecule has 270 valence electrons. The van der Waals surface area contributed by atoms with Crippen molar-refractivity contribution >= 4 is 17.3 Å². The van der Waals surface area contributed by atoms with E-state index in [0.29, 0.717) is 40.4 Å². The van der Waals surface area contributed by atoms with Crippen molar-refractivity contribution in [2.75, 3.05) is 19.6 Å². The Balaban J connectivity index is 0.000000430. The molecule has 3 N–H and O–H groups in total. The van der Waals surface area contributed by atoms with Crippen LogP contribution in [0.5, 0.6) is 11.5 Å². The van der Waals surface area contributed by atoms with Crippen molar-refractivity contribution in [3.05, 3.63) is 96.4 Å². The van der Waals surface area contributed by atoms with Gasteiger partial charge in [0.25, 0.3) is 0 Å². The predicted octanol–water partition coefficient (Wildman–Crippen LogP) is 10.2. The average Bonchev–Trinajstić information content (AvgIpc) is 3.48. The van der Waals surface area contributed by atoms with Crippen LogP contribution in [-0.4, -0.2) is 58.8 Å². The number of hydrogen-bond donors (Lipinski definition) is 2. The second-order valence-electron chi connectivity index (χ2n) is 13.1. The summed E-state index contributed by atoms with van der Waals surface area (Å²) in [6.45, 7) is 25.1. The van der Waals surface area contributed by atoms with E-state index in [0.717, 1.165) is 43.4 Å². The Kier molecular flexibility index (Phi) is 21.3. The van der Waals surface area contributed by atoms with Crippen LogP contribution in [0.1, 0.15) is 106 Å². The molecule has 0 spiro atoms. The Morgan fingerprint density at radius 2 is 1.59 bits per heavy atom. The normalized spacial score (nSPS) is 16.3. The SMILES string of the molecule is C=CN=C(C)/C(C(=N)c1ccc(Oc2ccccc2)cc1)=C(\C)N.CC(C)N(C/C=C/C(=O)N1CC[C@@H](C)C1)C1CCC1.CCC.CCC. The van der Waals surface area contributed by atoms with Crippen LogP contribution in [0.25, 0.3) is 0 Å². The number of benzene rings is 2. The Hall–Kier alpha value is -3.97. The van der Waals surface area contributed by atoms with Gasteiger partial charge in [-0.1, -0.05) is 84.7 Å². The molecule has 2 fully saturated rings. The number of amides is 1. The minimum atomic E-state index is 0.196. The molecule has 2 aromatic carbocycles. The third-order valence-corrected chi connectivity index (χ3v) is 7.93. The van der Waals surface area contributed by atoms with Gasteiger partial charge in [0.2, 0.25) is 5.91 Å². The Bertz CT molecular complexity index is 1330. The summed E-state index contributed by atoms with van der Waals surface area (Å²) in [5.41, 5.74) is 8.84. The van der Waals surface area contributed by atoms with E-state index in [1.807, 2.05) is 66.4 Å². The number of hydrogen-bond acceptors (Lipinski definition) is 6. The number of aliphatic imine (C=N–C) groups is 1. The van der Waals surface area contributed by atoms with Gasteiger partial charge in [0.15, 0.2) is 0 Å². The monoisotopic (exact) mass is 672 g/mol. The maximum Gasteiger partial charge on any atom is 0.246 e. The van der Waals surface area contributed by atoms with E-state index in [2.05, 4.69) is 71.0 Å². The summed E-state index contributed by atoms with van der Waals surface area (Å²) < 4.78 is 5.76. The Morgan fingerprint density at radius 3 is 2.04 bits per heavy atom. The number of carbonyl (C=O) groups is 1. The summed E-state index contributed by atoms with van der Waals surface area (Å²) in [7, 11) is 0. The molecule has 1 atom stereocenters. The number of nitrogens with two attached hydrogens (primary N) is 1. The van der Waals surface area contributed by atoms with Crippen LogP contribution in [0.3, 0.4) is 0 Å². The Labute approximate surface area is 298 Å². The summed E-state index contributed by atoms with van der Waals surface area (Å²) in [4.78, 5) is 20.6. The first-order valence-corrected chi connectivity index (χ1v) is 18.2. The highest BCUT2D eigenvalue weighted by Gasteiger charge is 2.26. The highest BCUT2D eigenvalue weighted by molar-refractivity contribution is 6.28. The van der Waals surface area contributed by atoms with E-state index in [1.165, 1.54) is 38.3 Å². The molecule has 0 aromatic heterocycles. The van der Waals surface area contributed by atoms with E-state index in [9.17, 15) is 4.79 Å². The molecule has 7 heteroatoms. The zero-order valence-electron chi connectivity index (χ0n) is 32.0. The van der Waals surface area contributed by atoms with Crippen LogP contribution in [0.2, 0.25) is 0 Å². The molecule has 1 aliphatic heterocycles. The number of carbonyl (C=O) groups excluding carboxylic acids is 1. The molecular weight excluding hydrogens is 606 g/mol. The van der Waals surface area contributed by atoms with Gasteiger partial charge < -0.3 is 15.4 Å². The number of likely N-dealkylation sites (tertiary alicyclic amines) is 1. The lowest BCUT2D eigenvalue weighted by Gasteiger charge is -2.39. The fourth-order valence-electron chi connectivity index (χ4n) is 5.34. The van der Waals surface area contributed by atoms with Gasteiger partial charge in [0, 0.05) is 66.5 Å². The second-order valence-corrected chi connectivity index (χ2v) is 13.1. The molecule has 1 aliphatic carbocycles. The lowest BCUT2D eigenvalue weighted by atomic mass is 9.90. The van der Waals surface area contributed by atoms with Gasteiger partial charge >= 0.3 is 0 Å². The molecule has 0 radical (unpaired) electrons. The van der Waals surface area contributed by atoms with E-state index in [1.54, 1.807) is 13.0 Å². The molecule has 0 bridgehead atoms.